The normalized spacial score (nSPS) is 14.2. The summed E-state index contributed by atoms with van der Waals surface area (Å²) in [4.78, 5) is 11.7. The molecule has 1 aliphatic rings. The van der Waals surface area contributed by atoms with Crippen LogP contribution in [0.1, 0.15) is 12.0 Å². The van der Waals surface area contributed by atoms with E-state index in [9.17, 15) is 13.6 Å². The van der Waals surface area contributed by atoms with Crippen LogP contribution in [0.25, 0.3) is 0 Å². The molecule has 5 nitrogen and oxygen atoms in total. The fourth-order valence-electron chi connectivity index (χ4n) is 1.95. The van der Waals surface area contributed by atoms with E-state index in [1.54, 1.807) is 6.07 Å². The van der Waals surface area contributed by atoms with Crippen molar-refractivity contribution in [2.75, 3.05) is 31.7 Å². The van der Waals surface area contributed by atoms with E-state index in [0.29, 0.717) is 18.8 Å². The van der Waals surface area contributed by atoms with Crippen LogP contribution in [0.15, 0.2) is 18.2 Å². The molecule has 7 heteroatoms. The van der Waals surface area contributed by atoms with E-state index < -0.39 is 13.0 Å². The lowest BCUT2D eigenvalue weighted by atomic mass is 10.1. The van der Waals surface area contributed by atoms with Crippen LogP contribution < -0.4 is 15.4 Å². The van der Waals surface area contributed by atoms with Gasteiger partial charge in [0.1, 0.15) is 19.0 Å². The Bertz CT molecular complexity index is 483. The number of carbonyl (C=O) groups excluding carboxylic acids is 1. The minimum Gasteiger partial charge on any atom is -0.492 e. The third kappa shape index (κ3) is 5.28. The highest BCUT2D eigenvalue weighted by Crippen LogP contribution is 2.24. The van der Waals surface area contributed by atoms with Gasteiger partial charge in [0, 0.05) is 24.3 Å². The summed E-state index contributed by atoms with van der Waals surface area (Å²) in [6.45, 7) is 1.40. The molecule has 2 N–H and O–H groups in total. The summed E-state index contributed by atoms with van der Waals surface area (Å²) in [6, 6.07) is 5.40. The lowest BCUT2D eigenvalue weighted by Crippen LogP contribution is -2.16. The Morgan fingerprint density at radius 1 is 1.48 bits per heavy atom. The van der Waals surface area contributed by atoms with Crippen molar-refractivity contribution in [3.05, 3.63) is 23.8 Å². The predicted octanol–water partition coefficient (Wildman–Crippen LogP) is 1.78. The van der Waals surface area contributed by atoms with Gasteiger partial charge in [-0.3, -0.25) is 4.79 Å². The van der Waals surface area contributed by atoms with Crippen molar-refractivity contribution in [1.82, 2.24) is 5.32 Å². The molecule has 21 heavy (non-hydrogen) atoms. The summed E-state index contributed by atoms with van der Waals surface area (Å²) in [6.07, 6.45) is -2.47. The van der Waals surface area contributed by atoms with Crippen LogP contribution in [-0.2, 0) is 16.1 Å². The first-order chi connectivity index (χ1) is 10.1. The molecule has 0 radical (unpaired) electrons. The molecular weight excluding hydrogens is 282 g/mol. The number of fused-ring (bicyclic) bond motifs is 1. The molecule has 1 aliphatic heterocycles. The zero-order valence-electron chi connectivity index (χ0n) is 11.5. The molecule has 0 atom stereocenters. The summed E-state index contributed by atoms with van der Waals surface area (Å²) in [5.74, 6) is 0.532. The number of halogens is 2. The third-order valence-electron chi connectivity index (χ3n) is 2.91. The molecule has 0 aliphatic carbocycles. The maximum atomic E-state index is 11.9. The highest BCUT2D eigenvalue weighted by Gasteiger charge is 2.10. The Balaban J connectivity index is 1.82. The van der Waals surface area contributed by atoms with E-state index in [1.807, 2.05) is 12.1 Å². The van der Waals surface area contributed by atoms with E-state index in [4.69, 9.17) is 4.74 Å². The smallest absolute Gasteiger partial charge is 0.261 e. The van der Waals surface area contributed by atoms with E-state index >= 15 is 0 Å². The summed E-state index contributed by atoms with van der Waals surface area (Å²) >= 11 is 0. The number of hydrogen-bond donors (Lipinski definition) is 2. The number of alkyl halides is 2. The quantitative estimate of drug-likeness (QED) is 0.786. The van der Waals surface area contributed by atoms with Crippen LogP contribution in [0.4, 0.5) is 14.5 Å². The first-order valence-electron chi connectivity index (χ1n) is 6.77. The Morgan fingerprint density at radius 2 is 2.33 bits per heavy atom. The van der Waals surface area contributed by atoms with Crippen LogP contribution in [0.5, 0.6) is 5.75 Å². The molecule has 0 fully saturated rings. The van der Waals surface area contributed by atoms with Gasteiger partial charge < -0.3 is 20.1 Å². The van der Waals surface area contributed by atoms with Crippen LogP contribution in [0.3, 0.4) is 0 Å². The number of rotatable bonds is 6. The van der Waals surface area contributed by atoms with Crippen molar-refractivity contribution in [1.29, 1.82) is 0 Å². The van der Waals surface area contributed by atoms with Gasteiger partial charge in [0.05, 0.1) is 13.0 Å². The zero-order valence-corrected chi connectivity index (χ0v) is 11.5. The maximum absolute atomic E-state index is 11.9. The van der Waals surface area contributed by atoms with Crippen molar-refractivity contribution in [2.45, 2.75) is 19.4 Å². The number of benzene rings is 1. The van der Waals surface area contributed by atoms with Gasteiger partial charge in [-0.05, 0) is 18.2 Å². The minimum absolute atomic E-state index is 0.0220. The number of amides is 1. The summed E-state index contributed by atoms with van der Waals surface area (Å²) in [7, 11) is 0. The van der Waals surface area contributed by atoms with Gasteiger partial charge >= 0.3 is 0 Å². The molecule has 1 amide bonds. The molecule has 1 aromatic carbocycles. The van der Waals surface area contributed by atoms with Crippen molar-refractivity contribution < 1.29 is 23.0 Å². The van der Waals surface area contributed by atoms with Gasteiger partial charge in [0.25, 0.3) is 6.43 Å². The number of hydrogen-bond acceptors (Lipinski definition) is 4. The van der Waals surface area contributed by atoms with E-state index in [0.717, 1.165) is 17.9 Å². The number of ether oxygens (including phenoxy) is 2. The molecular formula is C14H18F2N2O3. The first-order valence-corrected chi connectivity index (χ1v) is 6.77. The van der Waals surface area contributed by atoms with Gasteiger partial charge in [0.15, 0.2) is 0 Å². The predicted molar refractivity (Wildman–Crippen MR) is 73.7 cm³/mol. The van der Waals surface area contributed by atoms with Crippen molar-refractivity contribution in [3.8, 4) is 5.75 Å². The largest absolute Gasteiger partial charge is 0.492 e. The molecule has 0 bridgehead atoms. The lowest BCUT2D eigenvalue weighted by molar-refractivity contribution is -0.117. The molecule has 0 unspecified atom stereocenters. The van der Waals surface area contributed by atoms with Gasteiger partial charge in [0.2, 0.25) is 5.91 Å². The van der Waals surface area contributed by atoms with E-state index in [1.165, 1.54) is 0 Å². The SMILES string of the molecule is O=C(CCOCC(F)F)Nc1ccc2c(c1)CNCCO2. The highest BCUT2D eigenvalue weighted by molar-refractivity contribution is 5.90. The molecule has 1 heterocycles. The maximum Gasteiger partial charge on any atom is 0.261 e. The van der Waals surface area contributed by atoms with Gasteiger partial charge in [-0.1, -0.05) is 0 Å². The average molecular weight is 300 g/mol. The second-order valence-corrected chi connectivity index (χ2v) is 4.61. The van der Waals surface area contributed by atoms with Crippen molar-refractivity contribution >= 4 is 11.6 Å². The van der Waals surface area contributed by atoms with E-state index in [-0.39, 0.29) is 18.9 Å². The Labute approximate surface area is 121 Å². The molecule has 0 saturated heterocycles. The molecule has 2 rings (SSSR count). The summed E-state index contributed by atoms with van der Waals surface area (Å²) in [5, 5.41) is 5.92. The summed E-state index contributed by atoms with van der Waals surface area (Å²) in [5.41, 5.74) is 1.62. The van der Waals surface area contributed by atoms with Crippen molar-refractivity contribution in [2.24, 2.45) is 0 Å². The van der Waals surface area contributed by atoms with Crippen LogP contribution in [0.2, 0.25) is 0 Å². The van der Waals surface area contributed by atoms with Gasteiger partial charge in [-0.25, -0.2) is 8.78 Å². The lowest BCUT2D eigenvalue weighted by Gasteiger charge is -2.10. The molecule has 1 aromatic rings. The number of carbonyl (C=O) groups is 1. The molecule has 0 aromatic heterocycles. The standard InChI is InChI=1S/C14H18F2N2O3/c15-13(16)9-20-5-3-14(19)18-11-1-2-12-10(7-11)8-17-4-6-21-12/h1-2,7,13,17H,3-6,8-9H2,(H,18,19). The van der Waals surface area contributed by atoms with Crippen LogP contribution >= 0.6 is 0 Å². The first kappa shape index (κ1) is 15.7. The third-order valence-corrected chi connectivity index (χ3v) is 2.91. The number of nitrogens with one attached hydrogen (secondary N) is 2. The summed E-state index contributed by atoms with van der Waals surface area (Å²) < 4.78 is 33.9. The minimum atomic E-state index is -2.51. The molecule has 0 saturated carbocycles. The molecule has 0 spiro atoms. The monoisotopic (exact) mass is 300 g/mol. The van der Waals surface area contributed by atoms with Crippen LogP contribution in [0, 0.1) is 0 Å². The fraction of sp³-hybridized carbons (Fsp3) is 0.500. The highest BCUT2D eigenvalue weighted by atomic mass is 19.3. The number of anilines is 1. The zero-order chi connectivity index (χ0) is 15.1. The van der Waals surface area contributed by atoms with Gasteiger partial charge in [-0.2, -0.15) is 0 Å². The molecule has 116 valence electrons. The Hall–Kier alpha value is -1.73. The fourth-order valence-corrected chi connectivity index (χ4v) is 1.95. The Kier molecular flexibility index (Phi) is 5.89. The van der Waals surface area contributed by atoms with Gasteiger partial charge in [-0.15, -0.1) is 0 Å². The van der Waals surface area contributed by atoms with E-state index in [2.05, 4.69) is 15.4 Å². The Morgan fingerprint density at radius 3 is 3.14 bits per heavy atom. The topological polar surface area (TPSA) is 59.6 Å². The average Bonchev–Trinajstić information content (AvgIpc) is 2.68. The second-order valence-electron chi connectivity index (χ2n) is 4.61. The second kappa shape index (κ2) is 7.90. The van der Waals surface area contributed by atoms with Crippen LogP contribution in [-0.4, -0.2) is 38.7 Å². The van der Waals surface area contributed by atoms with Crippen molar-refractivity contribution in [3.63, 3.8) is 0 Å².